The van der Waals surface area contributed by atoms with Crippen LogP contribution in [0.3, 0.4) is 0 Å². The molecule has 3 aliphatic rings. The number of nitrogens with one attached hydrogen (secondary N) is 1. The number of likely N-dealkylation sites (tertiary alicyclic amines) is 1. The van der Waals surface area contributed by atoms with Gasteiger partial charge < -0.3 is 10.1 Å². The molecule has 1 aliphatic carbocycles. The summed E-state index contributed by atoms with van der Waals surface area (Å²) in [6, 6.07) is 7.41. The highest BCUT2D eigenvalue weighted by molar-refractivity contribution is 5.45. The number of ether oxygens (including phenoxy) is 1. The smallest absolute Gasteiger partial charge is 0.127 e. The molecule has 1 saturated carbocycles. The van der Waals surface area contributed by atoms with Crippen LogP contribution >= 0.6 is 0 Å². The Morgan fingerprint density at radius 3 is 2.70 bits per heavy atom. The zero-order valence-electron chi connectivity index (χ0n) is 14.6. The van der Waals surface area contributed by atoms with E-state index < -0.39 is 0 Å². The molecule has 1 saturated heterocycles. The first-order chi connectivity index (χ1) is 11.1. The Morgan fingerprint density at radius 1 is 1.17 bits per heavy atom. The van der Waals surface area contributed by atoms with Crippen LogP contribution in [0, 0.1) is 5.92 Å². The van der Waals surface area contributed by atoms with Crippen molar-refractivity contribution in [2.45, 2.75) is 64.1 Å². The van der Waals surface area contributed by atoms with E-state index in [4.69, 9.17) is 4.74 Å². The van der Waals surface area contributed by atoms with Gasteiger partial charge in [-0.15, -0.1) is 0 Å². The molecule has 1 N–H and O–H groups in total. The van der Waals surface area contributed by atoms with Gasteiger partial charge in [-0.05, 0) is 70.6 Å². The average molecular weight is 314 g/mol. The van der Waals surface area contributed by atoms with Crippen molar-refractivity contribution >= 4 is 0 Å². The van der Waals surface area contributed by atoms with Crippen LogP contribution in [0.5, 0.6) is 5.75 Å². The maximum Gasteiger partial charge on any atom is 0.127 e. The van der Waals surface area contributed by atoms with Gasteiger partial charge in [-0.25, -0.2) is 0 Å². The third kappa shape index (κ3) is 3.72. The lowest BCUT2D eigenvalue weighted by molar-refractivity contribution is 0.133. The van der Waals surface area contributed by atoms with Gasteiger partial charge in [-0.1, -0.05) is 18.2 Å². The van der Waals surface area contributed by atoms with Crippen LogP contribution in [0.2, 0.25) is 0 Å². The van der Waals surface area contributed by atoms with Crippen LogP contribution in [0.15, 0.2) is 18.2 Å². The van der Waals surface area contributed by atoms with Crippen molar-refractivity contribution < 1.29 is 4.74 Å². The molecular weight excluding hydrogens is 284 g/mol. The van der Waals surface area contributed by atoms with Crippen molar-refractivity contribution in [1.29, 1.82) is 0 Å². The fourth-order valence-corrected chi connectivity index (χ4v) is 4.00. The molecule has 23 heavy (non-hydrogen) atoms. The van der Waals surface area contributed by atoms with E-state index in [0.29, 0.717) is 0 Å². The average Bonchev–Trinajstić information content (AvgIpc) is 3.28. The van der Waals surface area contributed by atoms with E-state index in [1.807, 2.05) is 0 Å². The summed E-state index contributed by atoms with van der Waals surface area (Å²) in [5.41, 5.74) is 2.71. The van der Waals surface area contributed by atoms with Gasteiger partial charge in [0.15, 0.2) is 0 Å². The highest BCUT2D eigenvalue weighted by atomic mass is 16.5. The van der Waals surface area contributed by atoms with Crippen molar-refractivity contribution in [3.8, 4) is 5.75 Å². The van der Waals surface area contributed by atoms with Crippen molar-refractivity contribution in [3.05, 3.63) is 29.3 Å². The molecule has 1 aromatic rings. The molecule has 0 atom stereocenters. The van der Waals surface area contributed by atoms with Gasteiger partial charge in [-0.2, -0.15) is 0 Å². The van der Waals surface area contributed by atoms with E-state index in [9.17, 15) is 0 Å². The second-order valence-corrected chi connectivity index (χ2v) is 8.35. The minimum absolute atomic E-state index is 0.0435. The molecular formula is C20H30N2O. The quantitative estimate of drug-likeness (QED) is 0.902. The lowest BCUT2D eigenvalue weighted by Crippen LogP contribution is -2.42. The predicted octanol–water partition coefficient (Wildman–Crippen LogP) is 3.36. The molecule has 2 heterocycles. The Balaban J connectivity index is 1.32. The fourth-order valence-electron chi connectivity index (χ4n) is 4.00. The molecule has 0 radical (unpaired) electrons. The number of benzene rings is 1. The highest BCUT2D eigenvalue weighted by Crippen LogP contribution is 2.38. The first kappa shape index (κ1) is 15.5. The third-order valence-corrected chi connectivity index (χ3v) is 5.55. The highest BCUT2D eigenvalue weighted by Gasteiger charge is 2.32. The van der Waals surface area contributed by atoms with E-state index in [-0.39, 0.29) is 5.60 Å². The van der Waals surface area contributed by atoms with E-state index in [2.05, 4.69) is 42.3 Å². The van der Waals surface area contributed by atoms with Crippen molar-refractivity contribution in [3.63, 3.8) is 0 Å². The number of fused-ring (bicyclic) bond motifs is 1. The number of hydrogen-bond acceptors (Lipinski definition) is 3. The van der Waals surface area contributed by atoms with Gasteiger partial charge in [0.1, 0.15) is 11.4 Å². The van der Waals surface area contributed by atoms with Crippen molar-refractivity contribution in [2.75, 3.05) is 19.6 Å². The number of nitrogens with zero attached hydrogens (tertiary/aromatic N) is 1. The van der Waals surface area contributed by atoms with Crippen LogP contribution in [-0.4, -0.2) is 36.2 Å². The van der Waals surface area contributed by atoms with Crippen molar-refractivity contribution in [1.82, 2.24) is 10.2 Å². The molecule has 126 valence electrons. The minimum atomic E-state index is -0.0435. The lowest BCUT2D eigenvalue weighted by atomic mass is 9.99. The molecule has 3 nitrogen and oxygen atoms in total. The first-order valence-corrected chi connectivity index (χ1v) is 9.35. The second kappa shape index (κ2) is 6.10. The van der Waals surface area contributed by atoms with E-state index in [0.717, 1.165) is 30.7 Å². The van der Waals surface area contributed by atoms with Crippen LogP contribution in [0.1, 0.15) is 50.7 Å². The topological polar surface area (TPSA) is 24.5 Å². The summed E-state index contributed by atoms with van der Waals surface area (Å²) in [6.45, 7) is 9.07. The lowest BCUT2D eigenvalue weighted by Gasteiger charge is -2.33. The molecule has 0 unspecified atom stereocenters. The van der Waals surface area contributed by atoms with Crippen LogP contribution in [-0.2, 0) is 13.0 Å². The SMILES string of the molecule is CC1(C)Cc2cccc(CN3CCC(NCC4CC4)CC3)c2O1. The standard InChI is InChI=1S/C20H30N2O/c1-20(2)12-16-4-3-5-17(19(16)23-20)14-22-10-8-18(9-11-22)21-13-15-6-7-15/h3-5,15,18,21H,6-14H2,1-2H3. The summed E-state index contributed by atoms with van der Waals surface area (Å²) in [5.74, 6) is 2.15. The van der Waals surface area contributed by atoms with Gasteiger partial charge in [0, 0.05) is 24.6 Å². The van der Waals surface area contributed by atoms with Gasteiger partial charge >= 0.3 is 0 Å². The normalized spacial score (nSPS) is 24.4. The molecule has 1 aromatic carbocycles. The molecule has 0 amide bonds. The summed E-state index contributed by atoms with van der Waals surface area (Å²) in [5, 5.41) is 3.77. The summed E-state index contributed by atoms with van der Waals surface area (Å²) in [7, 11) is 0. The molecule has 0 aromatic heterocycles. The number of rotatable bonds is 5. The maximum absolute atomic E-state index is 6.22. The Morgan fingerprint density at radius 2 is 1.96 bits per heavy atom. The van der Waals surface area contributed by atoms with E-state index in [1.54, 1.807) is 0 Å². The summed E-state index contributed by atoms with van der Waals surface area (Å²) in [6.07, 6.45) is 6.49. The van der Waals surface area contributed by atoms with Crippen molar-refractivity contribution in [2.24, 2.45) is 5.92 Å². The Hall–Kier alpha value is -1.06. The van der Waals surface area contributed by atoms with E-state index >= 15 is 0 Å². The fraction of sp³-hybridized carbons (Fsp3) is 0.700. The zero-order chi connectivity index (χ0) is 15.9. The maximum atomic E-state index is 6.22. The van der Waals surface area contributed by atoms with Gasteiger partial charge in [0.05, 0.1) is 0 Å². The van der Waals surface area contributed by atoms with Gasteiger partial charge in [-0.3, -0.25) is 4.90 Å². The Labute approximate surface area is 140 Å². The molecule has 4 rings (SSSR count). The second-order valence-electron chi connectivity index (χ2n) is 8.35. The molecule has 3 heteroatoms. The van der Waals surface area contributed by atoms with Crippen LogP contribution < -0.4 is 10.1 Å². The Bertz CT molecular complexity index is 557. The summed E-state index contributed by atoms with van der Waals surface area (Å²) < 4.78 is 6.22. The largest absolute Gasteiger partial charge is 0.487 e. The van der Waals surface area contributed by atoms with Gasteiger partial charge in [0.2, 0.25) is 0 Å². The summed E-state index contributed by atoms with van der Waals surface area (Å²) >= 11 is 0. The monoisotopic (exact) mass is 314 g/mol. The van der Waals surface area contributed by atoms with E-state index in [1.165, 1.54) is 56.4 Å². The first-order valence-electron chi connectivity index (χ1n) is 9.35. The number of hydrogen-bond donors (Lipinski definition) is 1. The zero-order valence-corrected chi connectivity index (χ0v) is 14.6. The molecule has 0 bridgehead atoms. The summed E-state index contributed by atoms with van der Waals surface area (Å²) in [4.78, 5) is 2.60. The Kier molecular flexibility index (Phi) is 4.10. The third-order valence-electron chi connectivity index (χ3n) is 5.55. The minimum Gasteiger partial charge on any atom is -0.487 e. The number of para-hydroxylation sites is 1. The van der Waals surface area contributed by atoms with Crippen LogP contribution in [0.4, 0.5) is 0 Å². The number of piperidine rings is 1. The molecule has 0 spiro atoms. The molecule has 2 fully saturated rings. The van der Waals surface area contributed by atoms with Gasteiger partial charge in [0.25, 0.3) is 0 Å². The predicted molar refractivity (Wildman–Crippen MR) is 93.9 cm³/mol. The van der Waals surface area contributed by atoms with Crippen LogP contribution in [0.25, 0.3) is 0 Å². The molecule has 2 aliphatic heterocycles.